The van der Waals surface area contributed by atoms with E-state index in [-0.39, 0.29) is 0 Å². The molecule has 0 spiro atoms. The van der Waals surface area contributed by atoms with Gasteiger partial charge in [-0.1, -0.05) is 18.6 Å². The first-order chi connectivity index (χ1) is 9.26. The third-order valence-corrected chi connectivity index (χ3v) is 4.97. The number of methoxy groups -OCH3 is 1. The fourth-order valence-corrected chi connectivity index (χ4v) is 3.88. The normalized spacial score (nSPS) is 28.6. The van der Waals surface area contributed by atoms with Gasteiger partial charge in [0.25, 0.3) is 0 Å². The number of ketones is 1. The van der Waals surface area contributed by atoms with E-state index >= 15 is 0 Å². The Balaban J connectivity index is 1.52. The zero-order chi connectivity index (χ0) is 13.2. The van der Waals surface area contributed by atoms with Crippen LogP contribution in [-0.4, -0.2) is 12.9 Å². The first-order valence-corrected chi connectivity index (χ1v) is 7.42. The monoisotopic (exact) mass is 258 g/mol. The maximum atomic E-state index is 12.3. The van der Waals surface area contributed by atoms with Crippen LogP contribution in [0.4, 0.5) is 0 Å². The van der Waals surface area contributed by atoms with Gasteiger partial charge in [-0.2, -0.15) is 0 Å². The molecule has 0 heterocycles. The van der Waals surface area contributed by atoms with Crippen LogP contribution in [0.1, 0.15) is 37.7 Å². The number of aryl methyl sites for hydroxylation is 1. The van der Waals surface area contributed by atoms with E-state index in [0.29, 0.717) is 24.0 Å². The largest absolute Gasteiger partial charge is 0.497 e. The minimum Gasteiger partial charge on any atom is -0.497 e. The van der Waals surface area contributed by atoms with Crippen molar-refractivity contribution in [1.82, 2.24) is 0 Å². The zero-order valence-electron chi connectivity index (χ0n) is 11.6. The van der Waals surface area contributed by atoms with Gasteiger partial charge in [-0.15, -0.1) is 0 Å². The van der Waals surface area contributed by atoms with Crippen LogP contribution in [0.3, 0.4) is 0 Å². The summed E-state index contributed by atoms with van der Waals surface area (Å²) in [5.41, 5.74) is 1.23. The smallest absolute Gasteiger partial charge is 0.136 e. The lowest BCUT2D eigenvalue weighted by atomic mass is 9.84. The van der Waals surface area contributed by atoms with Gasteiger partial charge in [0.05, 0.1) is 7.11 Å². The molecule has 1 aromatic rings. The fraction of sp³-hybridized carbons (Fsp3) is 0.588. The summed E-state index contributed by atoms with van der Waals surface area (Å²) < 4.78 is 5.14. The molecule has 0 amide bonds. The Labute approximate surface area is 115 Å². The highest BCUT2D eigenvalue weighted by molar-refractivity contribution is 5.82. The standard InChI is InChI=1S/C17H22O2/c1-19-15-7-3-12(4-8-15)5-9-17(18)16-11-13-2-6-14(16)10-13/h3-4,7-8,13-14,16H,2,5-6,9-11H2,1H3. The van der Waals surface area contributed by atoms with E-state index in [9.17, 15) is 4.79 Å². The number of hydrogen-bond donors (Lipinski definition) is 0. The van der Waals surface area contributed by atoms with E-state index in [2.05, 4.69) is 12.1 Å². The lowest BCUT2D eigenvalue weighted by Gasteiger charge is -2.20. The zero-order valence-corrected chi connectivity index (χ0v) is 11.6. The van der Waals surface area contributed by atoms with Crippen molar-refractivity contribution < 1.29 is 9.53 Å². The van der Waals surface area contributed by atoms with Crippen molar-refractivity contribution in [2.24, 2.45) is 17.8 Å². The molecule has 3 unspecified atom stereocenters. The summed E-state index contributed by atoms with van der Waals surface area (Å²) in [5.74, 6) is 3.34. The molecule has 1 aromatic carbocycles. The molecule has 2 aliphatic rings. The summed E-state index contributed by atoms with van der Waals surface area (Å²) in [6.45, 7) is 0. The van der Waals surface area contributed by atoms with Crippen molar-refractivity contribution in [3.05, 3.63) is 29.8 Å². The Morgan fingerprint density at radius 3 is 2.58 bits per heavy atom. The molecule has 0 saturated heterocycles. The summed E-state index contributed by atoms with van der Waals surface area (Å²) in [4.78, 5) is 12.3. The number of carbonyl (C=O) groups excluding carboxylic acids is 1. The lowest BCUT2D eigenvalue weighted by Crippen LogP contribution is -2.21. The number of fused-ring (bicyclic) bond motifs is 2. The van der Waals surface area contributed by atoms with Gasteiger partial charge in [0, 0.05) is 12.3 Å². The van der Waals surface area contributed by atoms with Crippen molar-refractivity contribution in [1.29, 1.82) is 0 Å². The summed E-state index contributed by atoms with van der Waals surface area (Å²) >= 11 is 0. The van der Waals surface area contributed by atoms with Gasteiger partial charge in [0.15, 0.2) is 0 Å². The molecule has 2 nitrogen and oxygen atoms in total. The first-order valence-electron chi connectivity index (χ1n) is 7.42. The van der Waals surface area contributed by atoms with E-state index in [1.165, 1.54) is 31.2 Å². The van der Waals surface area contributed by atoms with Crippen LogP contribution in [0.5, 0.6) is 5.75 Å². The van der Waals surface area contributed by atoms with Crippen LogP contribution in [0, 0.1) is 17.8 Å². The van der Waals surface area contributed by atoms with Gasteiger partial charge in [0.2, 0.25) is 0 Å². The molecule has 2 saturated carbocycles. The highest BCUT2D eigenvalue weighted by Crippen LogP contribution is 2.48. The van der Waals surface area contributed by atoms with Gasteiger partial charge in [0.1, 0.15) is 11.5 Å². The lowest BCUT2D eigenvalue weighted by molar-refractivity contribution is -0.124. The van der Waals surface area contributed by atoms with Crippen LogP contribution in [0.25, 0.3) is 0 Å². The molecule has 102 valence electrons. The quantitative estimate of drug-likeness (QED) is 0.806. The maximum absolute atomic E-state index is 12.3. The average Bonchev–Trinajstić information content (AvgIpc) is 3.08. The van der Waals surface area contributed by atoms with E-state index in [0.717, 1.165) is 18.1 Å². The molecule has 19 heavy (non-hydrogen) atoms. The summed E-state index contributed by atoms with van der Waals surface area (Å²) in [6, 6.07) is 8.06. The minimum atomic E-state index is 0.386. The summed E-state index contributed by atoms with van der Waals surface area (Å²) in [7, 11) is 1.67. The Morgan fingerprint density at radius 2 is 2.00 bits per heavy atom. The molecular weight excluding hydrogens is 236 g/mol. The van der Waals surface area contributed by atoms with E-state index in [1.54, 1.807) is 7.11 Å². The second-order valence-electron chi connectivity index (χ2n) is 6.10. The second kappa shape index (κ2) is 5.36. The molecule has 3 rings (SSSR count). The van der Waals surface area contributed by atoms with Crippen LogP contribution in [0.2, 0.25) is 0 Å². The van der Waals surface area contributed by atoms with Crippen molar-refractivity contribution in [3.8, 4) is 5.75 Å². The molecule has 2 fully saturated rings. The predicted molar refractivity (Wildman–Crippen MR) is 75.3 cm³/mol. The molecule has 2 bridgehead atoms. The Bertz CT molecular complexity index is 449. The number of rotatable bonds is 5. The van der Waals surface area contributed by atoms with E-state index < -0.39 is 0 Å². The van der Waals surface area contributed by atoms with E-state index in [4.69, 9.17) is 4.74 Å². The van der Waals surface area contributed by atoms with Crippen LogP contribution in [-0.2, 0) is 11.2 Å². The van der Waals surface area contributed by atoms with Gasteiger partial charge >= 0.3 is 0 Å². The molecule has 0 radical (unpaired) electrons. The maximum Gasteiger partial charge on any atom is 0.136 e. The second-order valence-corrected chi connectivity index (χ2v) is 6.10. The number of hydrogen-bond acceptors (Lipinski definition) is 2. The van der Waals surface area contributed by atoms with Gasteiger partial charge in [-0.3, -0.25) is 4.79 Å². The third-order valence-electron chi connectivity index (χ3n) is 4.97. The van der Waals surface area contributed by atoms with Gasteiger partial charge in [-0.25, -0.2) is 0 Å². The van der Waals surface area contributed by atoms with Crippen molar-refractivity contribution >= 4 is 5.78 Å². The Morgan fingerprint density at radius 1 is 1.21 bits per heavy atom. The molecule has 2 aliphatic carbocycles. The number of Topliss-reactive ketones (excluding diaryl/α,β-unsaturated/α-hetero) is 1. The average molecular weight is 258 g/mol. The molecule has 0 aliphatic heterocycles. The molecule has 3 atom stereocenters. The van der Waals surface area contributed by atoms with Crippen molar-refractivity contribution in [2.45, 2.75) is 38.5 Å². The predicted octanol–water partition coefficient (Wildman–Crippen LogP) is 3.63. The Hall–Kier alpha value is -1.31. The highest BCUT2D eigenvalue weighted by Gasteiger charge is 2.42. The molecule has 0 N–H and O–H groups in total. The number of benzene rings is 1. The SMILES string of the molecule is COc1ccc(CCC(=O)C2CC3CCC2C3)cc1. The van der Waals surface area contributed by atoms with Crippen LogP contribution in [0.15, 0.2) is 24.3 Å². The highest BCUT2D eigenvalue weighted by atomic mass is 16.5. The fourth-order valence-electron chi connectivity index (χ4n) is 3.88. The van der Waals surface area contributed by atoms with Gasteiger partial charge < -0.3 is 4.74 Å². The molecular formula is C17H22O2. The third kappa shape index (κ3) is 2.68. The Kier molecular flexibility index (Phi) is 3.58. The number of ether oxygens (including phenoxy) is 1. The topological polar surface area (TPSA) is 26.3 Å². The molecule has 2 heteroatoms. The van der Waals surface area contributed by atoms with Gasteiger partial charge in [-0.05, 0) is 55.2 Å². The van der Waals surface area contributed by atoms with Crippen molar-refractivity contribution in [2.75, 3.05) is 7.11 Å². The van der Waals surface area contributed by atoms with Crippen LogP contribution < -0.4 is 4.74 Å². The number of carbonyl (C=O) groups is 1. The van der Waals surface area contributed by atoms with Crippen molar-refractivity contribution in [3.63, 3.8) is 0 Å². The van der Waals surface area contributed by atoms with Crippen LogP contribution >= 0.6 is 0 Å². The minimum absolute atomic E-state index is 0.386. The molecule has 0 aromatic heterocycles. The first kappa shape index (κ1) is 12.7. The van der Waals surface area contributed by atoms with E-state index in [1.807, 2.05) is 12.1 Å². The summed E-state index contributed by atoms with van der Waals surface area (Å²) in [6.07, 6.45) is 6.73. The summed E-state index contributed by atoms with van der Waals surface area (Å²) in [5, 5.41) is 0.